The van der Waals surface area contributed by atoms with Crippen molar-refractivity contribution in [3.8, 4) is 6.07 Å². The Labute approximate surface area is 118 Å². The Morgan fingerprint density at radius 1 is 1.20 bits per heavy atom. The molecule has 0 aliphatic carbocycles. The lowest BCUT2D eigenvalue weighted by Crippen LogP contribution is -2.27. The molecule has 100 valence electrons. The number of nitriles is 1. The van der Waals surface area contributed by atoms with E-state index in [-0.39, 0.29) is 5.91 Å². The lowest BCUT2D eigenvalue weighted by molar-refractivity contribution is 0.0945. The topological polar surface area (TPSA) is 65.8 Å². The Morgan fingerprint density at radius 3 is 2.50 bits per heavy atom. The third kappa shape index (κ3) is 3.01. The molecule has 1 N–H and O–H groups in total. The first kappa shape index (κ1) is 13.8. The van der Waals surface area contributed by atoms with Crippen molar-refractivity contribution < 1.29 is 4.79 Å². The maximum absolute atomic E-state index is 12.2. The van der Waals surface area contributed by atoms with Crippen molar-refractivity contribution in [3.63, 3.8) is 0 Å². The minimum absolute atomic E-state index is 0.253. The molecule has 1 unspecified atom stereocenters. The van der Waals surface area contributed by atoms with E-state index in [2.05, 4.69) is 16.4 Å². The van der Waals surface area contributed by atoms with Crippen molar-refractivity contribution >= 4 is 5.91 Å². The Balaban J connectivity index is 2.18. The van der Waals surface area contributed by atoms with Crippen LogP contribution in [0.25, 0.3) is 0 Å². The second-order valence-electron chi connectivity index (χ2n) is 4.62. The number of rotatable bonds is 3. The molecule has 0 bridgehead atoms. The summed E-state index contributed by atoms with van der Waals surface area (Å²) in [5.41, 5.74) is 3.46. The molecule has 1 aromatic carbocycles. The third-order valence-electron chi connectivity index (χ3n) is 3.21. The van der Waals surface area contributed by atoms with Crippen LogP contribution in [0.2, 0.25) is 0 Å². The number of nitrogens with zero attached hydrogens (tertiary/aromatic N) is 2. The molecule has 4 nitrogen and oxygen atoms in total. The van der Waals surface area contributed by atoms with Crippen LogP contribution in [0.1, 0.15) is 33.1 Å². The maximum atomic E-state index is 12.2. The molecule has 1 atom stereocenters. The van der Waals surface area contributed by atoms with E-state index in [9.17, 15) is 10.1 Å². The standard InChI is InChI=1S/C16H15N3O/c1-11-3-4-14(9-12(11)2)16(20)19-15(10-17)13-5-7-18-8-6-13/h3-9,15H,1-2H3,(H,19,20). The highest BCUT2D eigenvalue weighted by Gasteiger charge is 2.15. The van der Waals surface area contributed by atoms with Gasteiger partial charge in [-0.3, -0.25) is 9.78 Å². The molecule has 0 saturated heterocycles. The quantitative estimate of drug-likeness (QED) is 0.927. The van der Waals surface area contributed by atoms with Gasteiger partial charge in [-0.2, -0.15) is 5.26 Å². The van der Waals surface area contributed by atoms with E-state index in [1.165, 1.54) is 0 Å². The first-order valence-corrected chi connectivity index (χ1v) is 6.29. The highest BCUT2D eigenvalue weighted by molar-refractivity contribution is 5.94. The number of carbonyl (C=O) groups is 1. The van der Waals surface area contributed by atoms with Crippen LogP contribution in [0.3, 0.4) is 0 Å². The number of amides is 1. The van der Waals surface area contributed by atoms with Crippen LogP contribution in [0.4, 0.5) is 0 Å². The maximum Gasteiger partial charge on any atom is 0.252 e. The fraction of sp³-hybridized carbons (Fsp3) is 0.188. The number of hydrogen-bond donors (Lipinski definition) is 1. The van der Waals surface area contributed by atoms with Crippen molar-refractivity contribution in [1.29, 1.82) is 5.26 Å². The van der Waals surface area contributed by atoms with E-state index >= 15 is 0 Å². The van der Waals surface area contributed by atoms with E-state index in [0.717, 1.165) is 16.7 Å². The zero-order valence-electron chi connectivity index (χ0n) is 11.4. The lowest BCUT2D eigenvalue weighted by Gasteiger charge is -2.12. The molecule has 0 aliphatic rings. The average Bonchev–Trinajstić information content (AvgIpc) is 2.48. The summed E-state index contributed by atoms with van der Waals surface area (Å²) in [7, 11) is 0. The Hall–Kier alpha value is -2.67. The van der Waals surface area contributed by atoms with Crippen LogP contribution in [0, 0.1) is 25.2 Å². The van der Waals surface area contributed by atoms with E-state index in [4.69, 9.17) is 0 Å². The number of nitrogens with one attached hydrogen (secondary N) is 1. The summed E-state index contributed by atoms with van der Waals surface area (Å²) in [5.74, 6) is -0.253. The molecule has 20 heavy (non-hydrogen) atoms. The number of hydrogen-bond acceptors (Lipinski definition) is 3. The van der Waals surface area contributed by atoms with Gasteiger partial charge in [0.2, 0.25) is 0 Å². The van der Waals surface area contributed by atoms with Crippen molar-refractivity contribution in [2.45, 2.75) is 19.9 Å². The van der Waals surface area contributed by atoms with E-state index in [1.54, 1.807) is 30.6 Å². The normalized spacial score (nSPS) is 11.4. The summed E-state index contributed by atoms with van der Waals surface area (Å²) in [6.07, 6.45) is 3.20. The molecule has 4 heteroatoms. The largest absolute Gasteiger partial charge is 0.332 e. The minimum atomic E-state index is -0.674. The molecule has 0 fully saturated rings. The van der Waals surface area contributed by atoms with Crippen LogP contribution >= 0.6 is 0 Å². The molecule has 0 saturated carbocycles. The number of pyridine rings is 1. The fourth-order valence-electron chi connectivity index (χ4n) is 1.84. The van der Waals surface area contributed by atoms with E-state index in [1.807, 2.05) is 26.0 Å². The van der Waals surface area contributed by atoms with Crippen molar-refractivity contribution in [3.05, 3.63) is 65.0 Å². The van der Waals surface area contributed by atoms with Gasteiger partial charge in [0.25, 0.3) is 5.91 Å². The molecule has 1 aromatic heterocycles. The van der Waals surface area contributed by atoms with Gasteiger partial charge in [0.05, 0.1) is 6.07 Å². The predicted octanol–water partition coefficient (Wildman–Crippen LogP) is 2.69. The highest BCUT2D eigenvalue weighted by Crippen LogP contribution is 2.14. The number of aromatic nitrogens is 1. The summed E-state index contributed by atoms with van der Waals surface area (Å²) in [4.78, 5) is 16.1. The van der Waals surface area contributed by atoms with Gasteiger partial charge >= 0.3 is 0 Å². The van der Waals surface area contributed by atoms with Gasteiger partial charge in [0.1, 0.15) is 6.04 Å². The Bertz CT molecular complexity index is 659. The van der Waals surface area contributed by atoms with Crippen LogP contribution in [-0.4, -0.2) is 10.9 Å². The van der Waals surface area contributed by atoms with Gasteiger partial charge in [-0.15, -0.1) is 0 Å². The van der Waals surface area contributed by atoms with Gasteiger partial charge in [-0.25, -0.2) is 0 Å². The van der Waals surface area contributed by atoms with Gasteiger partial charge < -0.3 is 5.32 Å². The number of benzene rings is 1. The van der Waals surface area contributed by atoms with Gasteiger partial charge in [0, 0.05) is 18.0 Å². The lowest BCUT2D eigenvalue weighted by atomic mass is 10.0. The Kier molecular flexibility index (Phi) is 4.11. The predicted molar refractivity (Wildman–Crippen MR) is 76.0 cm³/mol. The summed E-state index contributed by atoms with van der Waals surface area (Å²) in [5, 5.41) is 11.9. The second kappa shape index (κ2) is 5.98. The number of aryl methyl sites for hydroxylation is 2. The minimum Gasteiger partial charge on any atom is -0.332 e. The molecule has 0 spiro atoms. The summed E-state index contributed by atoms with van der Waals surface area (Å²) in [6, 6.07) is 10.3. The van der Waals surface area contributed by atoms with E-state index in [0.29, 0.717) is 5.56 Å². The molecule has 2 rings (SSSR count). The van der Waals surface area contributed by atoms with Crippen LogP contribution in [-0.2, 0) is 0 Å². The third-order valence-corrected chi connectivity index (χ3v) is 3.21. The first-order chi connectivity index (χ1) is 9.61. The molecule has 0 aliphatic heterocycles. The fourth-order valence-corrected chi connectivity index (χ4v) is 1.84. The van der Waals surface area contributed by atoms with Crippen molar-refractivity contribution in [2.75, 3.05) is 0 Å². The van der Waals surface area contributed by atoms with Gasteiger partial charge in [-0.05, 0) is 54.8 Å². The highest BCUT2D eigenvalue weighted by atomic mass is 16.1. The number of carbonyl (C=O) groups excluding carboxylic acids is 1. The van der Waals surface area contributed by atoms with Crippen LogP contribution < -0.4 is 5.32 Å². The molecular weight excluding hydrogens is 250 g/mol. The molecule has 0 radical (unpaired) electrons. The van der Waals surface area contributed by atoms with Crippen molar-refractivity contribution in [2.24, 2.45) is 0 Å². The molecule has 1 amide bonds. The second-order valence-corrected chi connectivity index (χ2v) is 4.62. The summed E-state index contributed by atoms with van der Waals surface area (Å²) >= 11 is 0. The SMILES string of the molecule is Cc1ccc(C(=O)NC(C#N)c2ccncc2)cc1C. The molecular formula is C16H15N3O. The first-order valence-electron chi connectivity index (χ1n) is 6.29. The van der Waals surface area contributed by atoms with Gasteiger partial charge in [0.15, 0.2) is 0 Å². The van der Waals surface area contributed by atoms with Crippen LogP contribution in [0.5, 0.6) is 0 Å². The van der Waals surface area contributed by atoms with Gasteiger partial charge in [-0.1, -0.05) is 6.07 Å². The summed E-state index contributed by atoms with van der Waals surface area (Å²) in [6.45, 7) is 3.95. The Morgan fingerprint density at radius 2 is 1.90 bits per heavy atom. The molecule has 1 heterocycles. The van der Waals surface area contributed by atoms with E-state index < -0.39 is 6.04 Å². The zero-order valence-corrected chi connectivity index (χ0v) is 11.4. The summed E-state index contributed by atoms with van der Waals surface area (Å²) < 4.78 is 0. The van der Waals surface area contributed by atoms with Crippen molar-refractivity contribution in [1.82, 2.24) is 10.3 Å². The zero-order chi connectivity index (χ0) is 14.5. The molecule has 2 aromatic rings. The van der Waals surface area contributed by atoms with Crippen LogP contribution in [0.15, 0.2) is 42.7 Å². The monoisotopic (exact) mass is 265 g/mol. The smallest absolute Gasteiger partial charge is 0.252 e. The average molecular weight is 265 g/mol.